The summed E-state index contributed by atoms with van der Waals surface area (Å²) in [6.45, 7) is 7.64. The number of nitrogens with one attached hydrogen (secondary N) is 1. The molecule has 136 valence electrons. The van der Waals surface area contributed by atoms with Crippen molar-refractivity contribution in [2.24, 2.45) is 0 Å². The molecule has 0 unspecified atom stereocenters. The Hall–Kier alpha value is -2.44. The molecule has 0 saturated carbocycles. The Morgan fingerprint density at radius 2 is 1.96 bits per heavy atom. The smallest absolute Gasteiger partial charge is 0.251 e. The summed E-state index contributed by atoms with van der Waals surface area (Å²) >= 11 is 1.59. The van der Waals surface area contributed by atoms with Crippen LogP contribution in [0, 0.1) is 0 Å². The SMILES string of the molecule is CCN(CC)Cc1csc(CNC(=O)c2cccc(-n3cccc3)c2)n1. The zero-order valence-electron chi connectivity index (χ0n) is 15.2. The molecular formula is C20H24N4OS. The van der Waals surface area contributed by atoms with Gasteiger partial charge < -0.3 is 9.88 Å². The molecule has 0 fully saturated rings. The standard InChI is InChI=1S/C20H24N4OS/c1-3-23(4-2)14-17-15-26-19(22-17)13-21-20(25)16-8-7-9-18(12-16)24-10-5-6-11-24/h5-12,15H,3-4,13-14H2,1-2H3,(H,21,25). The number of benzene rings is 1. The van der Waals surface area contributed by atoms with Gasteiger partial charge in [0.05, 0.1) is 12.2 Å². The lowest BCUT2D eigenvalue weighted by atomic mass is 10.2. The Morgan fingerprint density at radius 3 is 2.69 bits per heavy atom. The predicted molar refractivity (Wildman–Crippen MR) is 106 cm³/mol. The van der Waals surface area contributed by atoms with E-state index in [0.29, 0.717) is 12.1 Å². The third-order valence-electron chi connectivity index (χ3n) is 4.29. The van der Waals surface area contributed by atoms with Gasteiger partial charge in [-0.3, -0.25) is 9.69 Å². The molecule has 0 aliphatic heterocycles. The normalized spacial score (nSPS) is 11.0. The van der Waals surface area contributed by atoms with Crippen molar-refractivity contribution in [1.29, 1.82) is 0 Å². The number of hydrogen-bond donors (Lipinski definition) is 1. The molecule has 1 aromatic carbocycles. The molecule has 2 aromatic heterocycles. The summed E-state index contributed by atoms with van der Waals surface area (Å²) in [5, 5.41) is 5.98. The van der Waals surface area contributed by atoms with Gasteiger partial charge in [0.15, 0.2) is 0 Å². The van der Waals surface area contributed by atoms with E-state index in [4.69, 9.17) is 0 Å². The predicted octanol–water partition coefficient (Wildman–Crippen LogP) is 3.71. The van der Waals surface area contributed by atoms with Gasteiger partial charge in [0.1, 0.15) is 5.01 Å². The van der Waals surface area contributed by atoms with Crippen molar-refractivity contribution in [2.75, 3.05) is 13.1 Å². The first-order valence-electron chi connectivity index (χ1n) is 8.86. The second kappa shape index (κ2) is 8.78. The average molecular weight is 369 g/mol. The molecule has 6 heteroatoms. The van der Waals surface area contributed by atoms with E-state index in [2.05, 4.69) is 34.4 Å². The molecule has 0 saturated heterocycles. The van der Waals surface area contributed by atoms with E-state index < -0.39 is 0 Å². The van der Waals surface area contributed by atoms with Gasteiger partial charge in [0.2, 0.25) is 0 Å². The van der Waals surface area contributed by atoms with Gasteiger partial charge >= 0.3 is 0 Å². The van der Waals surface area contributed by atoms with Gasteiger partial charge in [0.25, 0.3) is 5.91 Å². The number of nitrogens with zero attached hydrogens (tertiary/aromatic N) is 3. The maximum atomic E-state index is 12.5. The molecule has 2 heterocycles. The van der Waals surface area contributed by atoms with Crippen LogP contribution in [0.2, 0.25) is 0 Å². The van der Waals surface area contributed by atoms with Crippen molar-refractivity contribution in [3.63, 3.8) is 0 Å². The van der Waals surface area contributed by atoms with Crippen LogP contribution in [-0.4, -0.2) is 33.4 Å². The van der Waals surface area contributed by atoms with Crippen LogP contribution in [0.4, 0.5) is 0 Å². The number of carbonyl (C=O) groups excluding carboxylic acids is 1. The van der Waals surface area contributed by atoms with E-state index in [1.54, 1.807) is 11.3 Å². The number of rotatable bonds is 8. The molecule has 26 heavy (non-hydrogen) atoms. The Labute approximate surface area is 158 Å². The lowest BCUT2D eigenvalue weighted by Gasteiger charge is -2.15. The van der Waals surface area contributed by atoms with Gasteiger partial charge in [0, 0.05) is 35.6 Å². The summed E-state index contributed by atoms with van der Waals surface area (Å²) in [7, 11) is 0. The molecule has 1 N–H and O–H groups in total. The van der Waals surface area contributed by atoms with Crippen molar-refractivity contribution in [1.82, 2.24) is 19.8 Å². The Morgan fingerprint density at radius 1 is 1.19 bits per heavy atom. The van der Waals surface area contributed by atoms with Crippen molar-refractivity contribution in [2.45, 2.75) is 26.9 Å². The van der Waals surface area contributed by atoms with Crippen LogP contribution >= 0.6 is 11.3 Å². The van der Waals surface area contributed by atoms with Crippen molar-refractivity contribution < 1.29 is 4.79 Å². The topological polar surface area (TPSA) is 50.2 Å². The first-order valence-corrected chi connectivity index (χ1v) is 9.74. The minimum Gasteiger partial charge on any atom is -0.346 e. The van der Waals surface area contributed by atoms with Gasteiger partial charge in [-0.2, -0.15) is 0 Å². The minimum atomic E-state index is -0.0838. The summed E-state index contributed by atoms with van der Waals surface area (Å²) in [6, 6.07) is 11.5. The molecule has 0 radical (unpaired) electrons. The molecule has 0 spiro atoms. The fraction of sp³-hybridized carbons (Fsp3) is 0.300. The van der Waals surface area contributed by atoms with Crippen LogP contribution in [0.1, 0.15) is 34.9 Å². The third kappa shape index (κ3) is 4.59. The summed E-state index contributed by atoms with van der Waals surface area (Å²) < 4.78 is 1.98. The molecule has 0 atom stereocenters. The number of amides is 1. The van der Waals surface area contributed by atoms with Crippen LogP contribution < -0.4 is 5.32 Å². The van der Waals surface area contributed by atoms with Gasteiger partial charge in [-0.1, -0.05) is 19.9 Å². The molecular weight excluding hydrogens is 344 g/mol. The second-order valence-corrected chi connectivity index (χ2v) is 6.96. The Bertz CT molecular complexity index is 837. The largest absolute Gasteiger partial charge is 0.346 e. The molecule has 0 aliphatic rings. The third-order valence-corrected chi connectivity index (χ3v) is 5.19. The van der Waals surface area contributed by atoms with Crippen molar-refractivity contribution >= 4 is 17.2 Å². The highest BCUT2D eigenvalue weighted by atomic mass is 32.1. The lowest BCUT2D eigenvalue weighted by Crippen LogP contribution is -2.23. The molecule has 5 nitrogen and oxygen atoms in total. The summed E-state index contributed by atoms with van der Waals surface area (Å²) in [6.07, 6.45) is 3.92. The maximum Gasteiger partial charge on any atom is 0.251 e. The average Bonchev–Trinajstić information content (AvgIpc) is 3.36. The highest BCUT2D eigenvalue weighted by molar-refractivity contribution is 7.09. The monoisotopic (exact) mass is 368 g/mol. The minimum absolute atomic E-state index is 0.0838. The highest BCUT2D eigenvalue weighted by Crippen LogP contribution is 2.13. The quantitative estimate of drug-likeness (QED) is 0.659. The lowest BCUT2D eigenvalue weighted by molar-refractivity contribution is 0.0951. The highest BCUT2D eigenvalue weighted by Gasteiger charge is 2.10. The molecule has 0 bridgehead atoms. The molecule has 3 rings (SSSR count). The maximum absolute atomic E-state index is 12.5. The van der Waals surface area contributed by atoms with Crippen LogP contribution in [0.3, 0.4) is 0 Å². The number of aromatic nitrogens is 2. The zero-order chi connectivity index (χ0) is 18.4. The number of thiazole rings is 1. The fourth-order valence-corrected chi connectivity index (χ4v) is 3.48. The first-order chi connectivity index (χ1) is 12.7. The van der Waals surface area contributed by atoms with Crippen molar-refractivity contribution in [3.8, 4) is 5.69 Å². The van der Waals surface area contributed by atoms with Gasteiger partial charge in [-0.05, 0) is 43.4 Å². The Kier molecular flexibility index (Phi) is 6.20. The van der Waals surface area contributed by atoms with Gasteiger partial charge in [-0.25, -0.2) is 4.98 Å². The summed E-state index contributed by atoms with van der Waals surface area (Å²) in [5.41, 5.74) is 2.69. The van der Waals surface area contributed by atoms with Crippen LogP contribution in [0.5, 0.6) is 0 Å². The zero-order valence-corrected chi connectivity index (χ0v) is 16.0. The van der Waals surface area contributed by atoms with E-state index in [1.807, 2.05) is 53.4 Å². The second-order valence-electron chi connectivity index (χ2n) is 6.02. The Balaban J connectivity index is 1.59. The fourth-order valence-electron chi connectivity index (χ4n) is 2.75. The number of hydrogen-bond acceptors (Lipinski definition) is 4. The van der Waals surface area contributed by atoms with E-state index in [0.717, 1.165) is 36.0 Å². The van der Waals surface area contributed by atoms with E-state index in [-0.39, 0.29) is 5.91 Å². The van der Waals surface area contributed by atoms with E-state index in [1.165, 1.54) is 0 Å². The molecule has 0 aliphatic carbocycles. The summed E-state index contributed by atoms with van der Waals surface area (Å²) in [5.74, 6) is -0.0838. The van der Waals surface area contributed by atoms with Crippen LogP contribution in [0.25, 0.3) is 5.69 Å². The molecule has 1 amide bonds. The van der Waals surface area contributed by atoms with Crippen LogP contribution in [0.15, 0.2) is 54.2 Å². The molecule has 3 aromatic rings. The van der Waals surface area contributed by atoms with Gasteiger partial charge in [-0.15, -0.1) is 11.3 Å². The van der Waals surface area contributed by atoms with E-state index in [9.17, 15) is 4.79 Å². The van der Waals surface area contributed by atoms with Crippen molar-refractivity contribution in [3.05, 3.63) is 70.4 Å². The summed E-state index contributed by atoms with van der Waals surface area (Å²) in [4.78, 5) is 19.4. The number of carbonyl (C=O) groups is 1. The van der Waals surface area contributed by atoms with Crippen LogP contribution in [-0.2, 0) is 13.1 Å². The van der Waals surface area contributed by atoms with E-state index >= 15 is 0 Å². The first kappa shape index (κ1) is 18.4.